The number of aromatic carboxylic acids is 1. The number of furan rings is 1. The van der Waals surface area contributed by atoms with Crippen LogP contribution in [0.4, 0.5) is 0 Å². The van der Waals surface area contributed by atoms with E-state index in [9.17, 15) is 4.79 Å². The normalized spacial score (nSPS) is 11.7. The molecule has 0 saturated heterocycles. The third-order valence-electron chi connectivity index (χ3n) is 2.29. The van der Waals surface area contributed by atoms with E-state index in [2.05, 4.69) is 5.32 Å². The van der Waals surface area contributed by atoms with E-state index in [-0.39, 0.29) is 17.8 Å². The SMILES string of the molecule is CC(C)(CO)CNCc1ccoc1C(=O)O. The number of aliphatic hydroxyl groups excluding tert-OH is 1. The van der Waals surface area contributed by atoms with Crippen molar-refractivity contribution < 1.29 is 19.4 Å². The van der Waals surface area contributed by atoms with Gasteiger partial charge in [0.2, 0.25) is 5.76 Å². The third kappa shape index (κ3) is 3.36. The van der Waals surface area contributed by atoms with Gasteiger partial charge in [-0.3, -0.25) is 0 Å². The van der Waals surface area contributed by atoms with Crippen molar-refractivity contribution in [2.75, 3.05) is 13.2 Å². The van der Waals surface area contributed by atoms with Crippen LogP contribution in [0.2, 0.25) is 0 Å². The number of carboxylic acid groups (broad SMARTS) is 1. The van der Waals surface area contributed by atoms with E-state index in [4.69, 9.17) is 14.6 Å². The Labute approximate surface area is 94.1 Å². The summed E-state index contributed by atoms with van der Waals surface area (Å²) in [4.78, 5) is 10.7. The summed E-state index contributed by atoms with van der Waals surface area (Å²) in [5.41, 5.74) is 0.397. The van der Waals surface area contributed by atoms with Gasteiger partial charge in [-0.15, -0.1) is 0 Å². The van der Waals surface area contributed by atoms with Gasteiger partial charge < -0.3 is 19.9 Å². The Balaban J connectivity index is 2.49. The van der Waals surface area contributed by atoms with Gasteiger partial charge >= 0.3 is 5.97 Å². The van der Waals surface area contributed by atoms with Crippen LogP contribution in [0.3, 0.4) is 0 Å². The second kappa shape index (κ2) is 5.14. The van der Waals surface area contributed by atoms with Crippen molar-refractivity contribution >= 4 is 5.97 Å². The molecule has 1 aromatic heterocycles. The Morgan fingerprint density at radius 1 is 1.56 bits per heavy atom. The molecule has 0 aromatic carbocycles. The maximum atomic E-state index is 10.7. The molecule has 0 saturated carbocycles. The molecule has 0 spiro atoms. The molecule has 16 heavy (non-hydrogen) atoms. The van der Waals surface area contributed by atoms with Gasteiger partial charge in [0.15, 0.2) is 0 Å². The largest absolute Gasteiger partial charge is 0.475 e. The molecule has 0 aliphatic rings. The highest BCUT2D eigenvalue weighted by molar-refractivity contribution is 5.86. The van der Waals surface area contributed by atoms with Crippen LogP contribution in [0.15, 0.2) is 16.7 Å². The summed E-state index contributed by atoms with van der Waals surface area (Å²) in [6.07, 6.45) is 1.36. The predicted octanol–water partition coefficient (Wildman–Crippen LogP) is 1.09. The summed E-state index contributed by atoms with van der Waals surface area (Å²) < 4.78 is 4.85. The summed E-state index contributed by atoms with van der Waals surface area (Å²) in [6, 6.07) is 1.63. The number of nitrogens with one attached hydrogen (secondary N) is 1. The second-order valence-corrected chi connectivity index (χ2v) is 4.51. The van der Waals surface area contributed by atoms with Gasteiger partial charge in [-0.2, -0.15) is 0 Å². The van der Waals surface area contributed by atoms with Crippen LogP contribution in [0.1, 0.15) is 30.0 Å². The molecule has 1 aromatic rings. The zero-order chi connectivity index (χ0) is 12.2. The maximum absolute atomic E-state index is 10.7. The minimum Gasteiger partial charge on any atom is -0.475 e. The van der Waals surface area contributed by atoms with E-state index < -0.39 is 5.97 Å². The lowest BCUT2D eigenvalue weighted by atomic mass is 9.95. The molecule has 3 N–H and O–H groups in total. The van der Waals surface area contributed by atoms with Crippen LogP contribution in [0.25, 0.3) is 0 Å². The minimum atomic E-state index is -1.07. The van der Waals surface area contributed by atoms with Crippen molar-refractivity contribution in [2.24, 2.45) is 5.41 Å². The second-order valence-electron chi connectivity index (χ2n) is 4.51. The van der Waals surface area contributed by atoms with Crippen LogP contribution in [-0.2, 0) is 6.54 Å². The third-order valence-corrected chi connectivity index (χ3v) is 2.29. The van der Waals surface area contributed by atoms with Gasteiger partial charge in [-0.05, 0) is 6.07 Å². The minimum absolute atomic E-state index is 0.0331. The molecule has 0 bridgehead atoms. The van der Waals surface area contributed by atoms with Crippen LogP contribution >= 0.6 is 0 Å². The number of carbonyl (C=O) groups is 1. The van der Waals surface area contributed by atoms with E-state index in [0.717, 1.165) is 0 Å². The first-order chi connectivity index (χ1) is 7.46. The number of aliphatic hydroxyl groups is 1. The fourth-order valence-electron chi connectivity index (χ4n) is 1.25. The standard InChI is InChI=1S/C11H17NO4/c1-11(2,7-13)6-12-5-8-3-4-16-9(8)10(14)15/h3-4,12-13H,5-7H2,1-2H3,(H,14,15). The van der Waals surface area contributed by atoms with Gasteiger partial charge in [-0.25, -0.2) is 4.79 Å². The molecule has 0 fully saturated rings. The summed E-state index contributed by atoms with van der Waals surface area (Å²) >= 11 is 0. The topological polar surface area (TPSA) is 82.7 Å². The first-order valence-electron chi connectivity index (χ1n) is 5.07. The molecule has 90 valence electrons. The van der Waals surface area contributed by atoms with E-state index in [1.165, 1.54) is 6.26 Å². The lowest BCUT2D eigenvalue weighted by molar-refractivity contribution is 0.0660. The molecule has 0 aliphatic heterocycles. The zero-order valence-electron chi connectivity index (χ0n) is 9.49. The van der Waals surface area contributed by atoms with E-state index in [1.54, 1.807) is 6.07 Å². The molecule has 0 aliphatic carbocycles. The Bertz CT molecular complexity index is 357. The molecule has 0 amide bonds. The van der Waals surface area contributed by atoms with Crippen molar-refractivity contribution in [3.63, 3.8) is 0 Å². The lowest BCUT2D eigenvalue weighted by Crippen LogP contribution is -2.32. The first kappa shape index (κ1) is 12.7. The molecule has 5 heteroatoms. The Kier molecular flexibility index (Phi) is 4.09. The number of hydrogen-bond donors (Lipinski definition) is 3. The lowest BCUT2D eigenvalue weighted by Gasteiger charge is -2.21. The van der Waals surface area contributed by atoms with E-state index in [1.807, 2.05) is 13.8 Å². The summed E-state index contributed by atoms with van der Waals surface area (Å²) in [7, 11) is 0. The Hall–Kier alpha value is -1.33. The van der Waals surface area contributed by atoms with E-state index >= 15 is 0 Å². The van der Waals surface area contributed by atoms with Gasteiger partial charge in [0.25, 0.3) is 0 Å². The molecular formula is C11H17NO4. The average Bonchev–Trinajstić information content (AvgIpc) is 2.66. The van der Waals surface area contributed by atoms with Crippen LogP contribution in [0.5, 0.6) is 0 Å². The Morgan fingerprint density at radius 3 is 2.81 bits per heavy atom. The van der Waals surface area contributed by atoms with Crippen molar-refractivity contribution in [2.45, 2.75) is 20.4 Å². The summed E-state index contributed by atoms with van der Waals surface area (Å²) in [5.74, 6) is -1.10. The highest BCUT2D eigenvalue weighted by atomic mass is 16.4. The highest BCUT2D eigenvalue weighted by Crippen LogP contribution is 2.13. The maximum Gasteiger partial charge on any atom is 0.372 e. The smallest absolute Gasteiger partial charge is 0.372 e. The summed E-state index contributed by atoms with van der Waals surface area (Å²) in [5, 5.41) is 20.9. The first-order valence-corrected chi connectivity index (χ1v) is 5.07. The zero-order valence-corrected chi connectivity index (χ0v) is 9.49. The molecule has 0 atom stereocenters. The van der Waals surface area contributed by atoms with Crippen molar-refractivity contribution in [3.05, 3.63) is 23.7 Å². The number of hydrogen-bond acceptors (Lipinski definition) is 4. The molecule has 0 radical (unpaired) electrons. The quantitative estimate of drug-likeness (QED) is 0.677. The molecule has 1 rings (SSSR count). The predicted molar refractivity (Wildman–Crippen MR) is 58.2 cm³/mol. The van der Waals surface area contributed by atoms with E-state index in [0.29, 0.717) is 18.7 Å². The molecular weight excluding hydrogens is 210 g/mol. The van der Waals surface area contributed by atoms with Crippen LogP contribution in [0, 0.1) is 5.41 Å². The van der Waals surface area contributed by atoms with Crippen molar-refractivity contribution in [1.82, 2.24) is 5.32 Å². The van der Waals surface area contributed by atoms with Crippen molar-refractivity contribution in [3.8, 4) is 0 Å². The molecule has 5 nitrogen and oxygen atoms in total. The fourth-order valence-corrected chi connectivity index (χ4v) is 1.25. The Morgan fingerprint density at radius 2 is 2.25 bits per heavy atom. The number of carboxylic acids is 1. The van der Waals surface area contributed by atoms with Crippen LogP contribution < -0.4 is 5.32 Å². The summed E-state index contributed by atoms with van der Waals surface area (Å²) in [6.45, 7) is 4.95. The van der Waals surface area contributed by atoms with Crippen LogP contribution in [-0.4, -0.2) is 29.3 Å². The highest BCUT2D eigenvalue weighted by Gasteiger charge is 2.17. The fraction of sp³-hybridized carbons (Fsp3) is 0.545. The van der Waals surface area contributed by atoms with Gasteiger partial charge in [0.1, 0.15) is 0 Å². The van der Waals surface area contributed by atoms with Crippen molar-refractivity contribution in [1.29, 1.82) is 0 Å². The van der Waals surface area contributed by atoms with Gasteiger partial charge in [0, 0.05) is 30.7 Å². The number of rotatable bonds is 6. The monoisotopic (exact) mass is 227 g/mol. The van der Waals surface area contributed by atoms with Gasteiger partial charge in [-0.1, -0.05) is 13.8 Å². The molecule has 0 unspecified atom stereocenters. The molecule has 1 heterocycles. The van der Waals surface area contributed by atoms with Gasteiger partial charge in [0.05, 0.1) is 6.26 Å². The average molecular weight is 227 g/mol.